The second-order valence-electron chi connectivity index (χ2n) is 6.15. The first-order valence-electron chi connectivity index (χ1n) is 8.76. The Morgan fingerprint density at radius 3 is 2.56 bits per heavy atom. The van der Waals surface area contributed by atoms with E-state index >= 15 is 0 Å². The SMILES string of the molecule is CCOc1ccccc1NC(=O)c1ccnc(Nc2cc(C)cc(C)c2)n1. The van der Waals surface area contributed by atoms with Crippen molar-refractivity contribution in [2.45, 2.75) is 20.8 Å². The molecule has 0 bridgehead atoms. The molecule has 1 amide bonds. The van der Waals surface area contributed by atoms with Gasteiger partial charge in [0.15, 0.2) is 0 Å². The molecule has 0 spiro atoms. The summed E-state index contributed by atoms with van der Waals surface area (Å²) in [6.07, 6.45) is 1.56. The van der Waals surface area contributed by atoms with Crippen LogP contribution < -0.4 is 15.4 Å². The number of ether oxygens (including phenoxy) is 1. The maximum Gasteiger partial charge on any atom is 0.274 e. The van der Waals surface area contributed by atoms with Crippen LogP contribution in [0.15, 0.2) is 54.7 Å². The number of benzene rings is 2. The van der Waals surface area contributed by atoms with Crippen LogP contribution >= 0.6 is 0 Å². The summed E-state index contributed by atoms with van der Waals surface area (Å²) in [6.45, 7) is 6.47. The summed E-state index contributed by atoms with van der Waals surface area (Å²) >= 11 is 0. The van der Waals surface area contributed by atoms with Gasteiger partial charge in [-0.2, -0.15) is 0 Å². The molecule has 2 N–H and O–H groups in total. The minimum Gasteiger partial charge on any atom is -0.492 e. The Morgan fingerprint density at radius 1 is 1.07 bits per heavy atom. The third kappa shape index (κ3) is 4.82. The predicted octanol–water partition coefficient (Wildman–Crippen LogP) is 4.49. The Labute approximate surface area is 158 Å². The van der Waals surface area contributed by atoms with Gasteiger partial charge in [-0.15, -0.1) is 0 Å². The number of carbonyl (C=O) groups is 1. The predicted molar refractivity (Wildman–Crippen MR) is 107 cm³/mol. The monoisotopic (exact) mass is 362 g/mol. The maximum absolute atomic E-state index is 12.6. The van der Waals surface area contributed by atoms with Gasteiger partial charge < -0.3 is 15.4 Å². The highest BCUT2D eigenvalue weighted by molar-refractivity contribution is 6.03. The molecule has 6 nitrogen and oxygen atoms in total. The van der Waals surface area contributed by atoms with E-state index in [1.807, 2.05) is 51.1 Å². The van der Waals surface area contributed by atoms with E-state index < -0.39 is 0 Å². The van der Waals surface area contributed by atoms with Gasteiger partial charge in [-0.05, 0) is 62.2 Å². The Bertz CT molecular complexity index is 936. The van der Waals surface area contributed by atoms with E-state index in [-0.39, 0.29) is 11.6 Å². The molecule has 3 aromatic rings. The normalized spacial score (nSPS) is 10.3. The van der Waals surface area contributed by atoms with Crippen LogP contribution in [-0.4, -0.2) is 22.5 Å². The fraction of sp³-hybridized carbons (Fsp3) is 0.190. The number of hydrogen-bond donors (Lipinski definition) is 2. The minimum atomic E-state index is -0.326. The van der Waals surface area contributed by atoms with Crippen LogP contribution in [0.25, 0.3) is 0 Å². The van der Waals surface area contributed by atoms with Crippen LogP contribution in [0.5, 0.6) is 5.75 Å². The molecule has 1 heterocycles. The molecule has 0 unspecified atom stereocenters. The number of nitrogens with zero attached hydrogens (tertiary/aromatic N) is 2. The molecular weight excluding hydrogens is 340 g/mol. The molecule has 3 rings (SSSR count). The zero-order valence-electron chi connectivity index (χ0n) is 15.6. The molecular formula is C21H22N4O2. The fourth-order valence-electron chi connectivity index (χ4n) is 2.76. The Kier molecular flexibility index (Phi) is 5.66. The smallest absolute Gasteiger partial charge is 0.274 e. The number of amides is 1. The van der Waals surface area contributed by atoms with Crippen LogP contribution in [-0.2, 0) is 0 Å². The van der Waals surface area contributed by atoms with Crippen molar-refractivity contribution in [1.29, 1.82) is 0 Å². The molecule has 0 saturated heterocycles. The molecule has 2 aromatic carbocycles. The molecule has 0 aliphatic rings. The second kappa shape index (κ2) is 8.31. The molecule has 27 heavy (non-hydrogen) atoms. The number of aryl methyl sites for hydroxylation is 2. The maximum atomic E-state index is 12.6. The average Bonchev–Trinajstić information content (AvgIpc) is 2.63. The van der Waals surface area contributed by atoms with E-state index in [4.69, 9.17) is 4.74 Å². The summed E-state index contributed by atoms with van der Waals surface area (Å²) < 4.78 is 5.54. The van der Waals surface area contributed by atoms with Crippen molar-refractivity contribution >= 4 is 23.2 Å². The van der Waals surface area contributed by atoms with Gasteiger partial charge in [-0.25, -0.2) is 9.97 Å². The van der Waals surface area contributed by atoms with Crippen molar-refractivity contribution in [3.05, 3.63) is 71.5 Å². The molecule has 0 fully saturated rings. The number of anilines is 3. The lowest BCUT2D eigenvalue weighted by Crippen LogP contribution is -2.15. The molecule has 0 aliphatic heterocycles. The van der Waals surface area contributed by atoms with Gasteiger partial charge >= 0.3 is 0 Å². The Morgan fingerprint density at radius 2 is 1.81 bits per heavy atom. The number of para-hydroxylation sites is 2. The summed E-state index contributed by atoms with van der Waals surface area (Å²) in [5.41, 5.74) is 4.03. The highest BCUT2D eigenvalue weighted by Crippen LogP contribution is 2.24. The minimum absolute atomic E-state index is 0.267. The Hall–Kier alpha value is -3.41. The van der Waals surface area contributed by atoms with Gasteiger partial charge in [0, 0.05) is 11.9 Å². The van der Waals surface area contributed by atoms with Crippen LogP contribution in [0.2, 0.25) is 0 Å². The average molecular weight is 362 g/mol. The fourth-order valence-corrected chi connectivity index (χ4v) is 2.76. The lowest BCUT2D eigenvalue weighted by molar-refractivity contribution is 0.102. The van der Waals surface area contributed by atoms with Crippen molar-refractivity contribution in [3.63, 3.8) is 0 Å². The van der Waals surface area contributed by atoms with Gasteiger partial charge in [0.1, 0.15) is 11.4 Å². The van der Waals surface area contributed by atoms with E-state index in [0.717, 1.165) is 16.8 Å². The quantitative estimate of drug-likeness (QED) is 0.676. The van der Waals surface area contributed by atoms with E-state index in [1.54, 1.807) is 18.3 Å². The van der Waals surface area contributed by atoms with E-state index in [9.17, 15) is 4.79 Å². The van der Waals surface area contributed by atoms with Crippen LogP contribution in [0, 0.1) is 13.8 Å². The second-order valence-corrected chi connectivity index (χ2v) is 6.15. The molecule has 0 saturated carbocycles. The zero-order chi connectivity index (χ0) is 19.2. The lowest BCUT2D eigenvalue weighted by atomic mass is 10.1. The summed E-state index contributed by atoms with van der Waals surface area (Å²) in [4.78, 5) is 21.1. The van der Waals surface area contributed by atoms with Gasteiger partial charge in [-0.3, -0.25) is 4.79 Å². The highest BCUT2D eigenvalue weighted by atomic mass is 16.5. The zero-order valence-corrected chi connectivity index (χ0v) is 15.6. The van der Waals surface area contributed by atoms with Crippen molar-refractivity contribution in [3.8, 4) is 5.75 Å². The number of hydrogen-bond acceptors (Lipinski definition) is 5. The molecule has 0 aliphatic carbocycles. The van der Waals surface area contributed by atoms with Crippen molar-refractivity contribution in [1.82, 2.24) is 9.97 Å². The number of carbonyl (C=O) groups excluding carboxylic acids is 1. The standard InChI is InChI=1S/C21H22N4O2/c1-4-27-19-8-6-5-7-17(19)24-20(26)18-9-10-22-21(25-18)23-16-12-14(2)11-15(3)13-16/h5-13H,4H2,1-3H3,(H,24,26)(H,22,23,25). The van der Waals surface area contributed by atoms with Crippen LogP contribution in [0.4, 0.5) is 17.3 Å². The largest absolute Gasteiger partial charge is 0.492 e. The van der Waals surface area contributed by atoms with Crippen molar-refractivity contribution in [2.24, 2.45) is 0 Å². The van der Waals surface area contributed by atoms with E-state index in [0.29, 0.717) is 24.0 Å². The summed E-state index contributed by atoms with van der Waals surface area (Å²) in [6, 6.07) is 15.0. The van der Waals surface area contributed by atoms with Gasteiger partial charge in [-0.1, -0.05) is 18.2 Å². The van der Waals surface area contributed by atoms with Gasteiger partial charge in [0.25, 0.3) is 5.91 Å². The molecule has 0 radical (unpaired) electrons. The first-order valence-corrected chi connectivity index (χ1v) is 8.76. The van der Waals surface area contributed by atoms with E-state index in [1.165, 1.54) is 0 Å². The topological polar surface area (TPSA) is 76.1 Å². The number of aromatic nitrogens is 2. The molecule has 1 aromatic heterocycles. The first kappa shape index (κ1) is 18.4. The summed E-state index contributed by atoms with van der Waals surface area (Å²) in [5, 5.41) is 5.99. The van der Waals surface area contributed by atoms with Crippen LogP contribution in [0.1, 0.15) is 28.5 Å². The third-order valence-electron chi connectivity index (χ3n) is 3.80. The van der Waals surface area contributed by atoms with Crippen LogP contribution in [0.3, 0.4) is 0 Å². The Balaban J connectivity index is 1.78. The highest BCUT2D eigenvalue weighted by Gasteiger charge is 2.12. The third-order valence-corrected chi connectivity index (χ3v) is 3.80. The first-order chi connectivity index (χ1) is 13.0. The number of rotatable bonds is 6. The summed E-state index contributed by atoms with van der Waals surface area (Å²) in [5.74, 6) is 0.662. The summed E-state index contributed by atoms with van der Waals surface area (Å²) in [7, 11) is 0. The van der Waals surface area contributed by atoms with Gasteiger partial charge in [0.2, 0.25) is 5.95 Å². The molecule has 6 heteroatoms. The number of nitrogens with one attached hydrogen (secondary N) is 2. The van der Waals surface area contributed by atoms with Crippen molar-refractivity contribution < 1.29 is 9.53 Å². The van der Waals surface area contributed by atoms with Gasteiger partial charge in [0.05, 0.1) is 12.3 Å². The van der Waals surface area contributed by atoms with Crippen molar-refractivity contribution in [2.75, 3.05) is 17.2 Å². The lowest BCUT2D eigenvalue weighted by Gasteiger charge is -2.11. The molecule has 138 valence electrons. The molecule has 0 atom stereocenters. The van der Waals surface area contributed by atoms with E-state index in [2.05, 4.69) is 26.7 Å².